The Morgan fingerprint density at radius 1 is 0.273 bits per heavy atom. The fourth-order valence-corrected chi connectivity index (χ4v) is 16.3. The second kappa shape index (κ2) is 16.8. The molecule has 2 nitrogen and oxygen atoms in total. The Labute approximate surface area is 390 Å². The Morgan fingerprint density at radius 2 is 0.742 bits per heavy atom. The zero-order chi connectivity index (χ0) is 43.9. The molecule has 4 heteroatoms. The van der Waals surface area contributed by atoms with Crippen molar-refractivity contribution in [2.75, 3.05) is 9.80 Å². The van der Waals surface area contributed by atoms with Crippen LogP contribution in [0.5, 0.6) is 0 Å². The van der Waals surface area contributed by atoms with Crippen molar-refractivity contribution in [2.45, 2.75) is 0 Å². The van der Waals surface area contributed by atoms with Gasteiger partial charge in [0, 0.05) is 53.7 Å². The molecule has 0 aliphatic rings. The first kappa shape index (κ1) is 39.6. The molecule has 12 rings (SSSR count). The summed E-state index contributed by atoms with van der Waals surface area (Å²) in [6.45, 7) is 0. The highest BCUT2D eigenvalue weighted by atomic mass is 32.1. The molecule has 312 valence electrons. The zero-order valence-electron chi connectivity index (χ0n) is 36.2. The van der Waals surface area contributed by atoms with Gasteiger partial charge in [-0.15, -0.1) is 11.3 Å². The number of anilines is 6. The Balaban J connectivity index is 1.06. The Hall–Kier alpha value is -8.02. The van der Waals surface area contributed by atoms with E-state index in [4.69, 9.17) is 0 Å². The molecule has 1 aromatic heterocycles. The minimum atomic E-state index is -2.78. The molecule has 0 aliphatic heterocycles. The van der Waals surface area contributed by atoms with Crippen molar-refractivity contribution in [3.63, 3.8) is 0 Å². The van der Waals surface area contributed by atoms with Crippen LogP contribution >= 0.6 is 11.3 Å². The first-order valence-electron chi connectivity index (χ1n) is 22.6. The van der Waals surface area contributed by atoms with Crippen molar-refractivity contribution >= 4 is 116 Å². The molecule has 0 atom stereocenters. The third-order valence-corrected chi connectivity index (χ3v) is 19.0. The van der Waals surface area contributed by atoms with Crippen LogP contribution in [0.3, 0.4) is 0 Å². The van der Waals surface area contributed by atoms with E-state index in [0.717, 1.165) is 34.1 Å². The molecule has 0 saturated carbocycles. The Morgan fingerprint density at radius 3 is 1.38 bits per heavy atom. The molecule has 0 amide bonds. The van der Waals surface area contributed by atoms with Crippen LogP contribution < -0.4 is 30.5 Å². The molecule has 0 N–H and O–H groups in total. The van der Waals surface area contributed by atoms with Gasteiger partial charge >= 0.3 is 0 Å². The van der Waals surface area contributed by atoms with E-state index >= 15 is 0 Å². The van der Waals surface area contributed by atoms with Crippen LogP contribution in [-0.4, -0.2) is 8.07 Å². The highest BCUT2D eigenvalue weighted by molar-refractivity contribution is 7.26. The lowest BCUT2D eigenvalue weighted by atomic mass is 10.00. The van der Waals surface area contributed by atoms with Gasteiger partial charge in [0.25, 0.3) is 0 Å². The monoisotopic (exact) mass is 876 g/mol. The molecule has 0 radical (unpaired) electrons. The average Bonchev–Trinajstić information content (AvgIpc) is 3.77. The van der Waals surface area contributed by atoms with Gasteiger partial charge in [-0.05, 0) is 92.2 Å². The molecule has 11 aromatic carbocycles. The van der Waals surface area contributed by atoms with Gasteiger partial charge in [-0.2, -0.15) is 0 Å². The molecule has 0 unspecified atom stereocenters. The number of fused-ring (bicyclic) bond motifs is 6. The maximum atomic E-state index is 2.46. The van der Waals surface area contributed by atoms with Gasteiger partial charge < -0.3 is 9.80 Å². The maximum Gasteiger partial charge on any atom is 0.179 e. The lowest BCUT2D eigenvalue weighted by Crippen LogP contribution is -2.74. The van der Waals surface area contributed by atoms with E-state index < -0.39 is 8.07 Å². The summed E-state index contributed by atoms with van der Waals surface area (Å²) in [5.41, 5.74) is 6.81. The summed E-state index contributed by atoms with van der Waals surface area (Å²) in [7, 11) is -2.78. The van der Waals surface area contributed by atoms with Crippen molar-refractivity contribution in [3.05, 3.63) is 267 Å². The van der Waals surface area contributed by atoms with Crippen LogP contribution in [0.4, 0.5) is 34.1 Å². The molecule has 1 heterocycles. The van der Waals surface area contributed by atoms with E-state index in [1.54, 1.807) is 0 Å². The highest BCUT2D eigenvalue weighted by Gasteiger charge is 2.41. The third kappa shape index (κ3) is 6.69. The fourth-order valence-electron chi connectivity index (χ4n) is 10.3. The van der Waals surface area contributed by atoms with Gasteiger partial charge in [0.1, 0.15) is 0 Å². The van der Waals surface area contributed by atoms with Crippen molar-refractivity contribution in [2.24, 2.45) is 0 Å². The number of hydrogen-bond donors (Lipinski definition) is 0. The number of para-hydroxylation sites is 2. The number of thiophene rings is 1. The molecule has 0 aliphatic carbocycles. The zero-order valence-corrected chi connectivity index (χ0v) is 38.0. The summed E-state index contributed by atoms with van der Waals surface area (Å²) < 4.78 is 2.51. The van der Waals surface area contributed by atoms with E-state index in [0.29, 0.717) is 0 Å². The predicted octanol–water partition coefficient (Wildman–Crippen LogP) is 14.7. The number of hydrogen-bond acceptors (Lipinski definition) is 3. The summed E-state index contributed by atoms with van der Waals surface area (Å²) in [6, 6.07) is 98.3. The quantitative estimate of drug-likeness (QED) is 0.0998. The van der Waals surface area contributed by atoms with Gasteiger partial charge in [-0.25, -0.2) is 0 Å². The van der Waals surface area contributed by atoms with Crippen LogP contribution in [0, 0.1) is 0 Å². The predicted molar refractivity (Wildman–Crippen MR) is 287 cm³/mol. The molecular formula is C62H44N2SSi. The molecular weight excluding hydrogens is 833 g/mol. The highest BCUT2D eigenvalue weighted by Crippen LogP contribution is 2.48. The number of nitrogens with zero attached hydrogens (tertiary/aromatic N) is 2. The Kier molecular flexibility index (Phi) is 10.1. The first-order valence-corrected chi connectivity index (χ1v) is 25.4. The van der Waals surface area contributed by atoms with Crippen molar-refractivity contribution in [1.29, 1.82) is 0 Å². The average molecular weight is 877 g/mol. The van der Waals surface area contributed by atoms with E-state index in [9.17, 15) is 0 Å². The standard InChI is InChI=1S/C62H44N2SSi/c1-6-24-46(25-7-1)63(48-28-21-35-53(42-48)66(50-29-10-3-11-30-50,51-31-12-4-13-32-51)52-33-14-5-15-34-52)49-40-41-57-60(43-49)65-61-44-59(55-37-18-19-38-56(55)62(57)61)64(47-26-8-2-9-27-47)58-39-20-23-45-22-16-17-36-54(45)58/h1-44H. The molecule has 0 bridgehead atoms. The van der Waals surface area contributed by atoms with Gasteiger partial charge in [-0.3, -0.25) is 0 Å². The van der Waals surface area contributed by atoms with E-state index in [2.05, 4.69) is 277 Å². The van der Waals surface area contributed by atoms with Crippen molar-refractivity contribution in [1.82, 2.24) is 0 Å². The summed E-state index contributed by atoms with van der Waals surface area (Å²) >= 11 is 1.88. The second-order valence-corrected chi connectivity index (χ2v) is 21.7. The lowest BCUT2D eigenvalue weighted by molar-refractivity contribution is 1.29. The number of benzene rings is 11. The van der Waals surface area contributed by atoms with Crippen LogP contribution in [0.2, 0.25) is 0 Å². The Bertz CT molecular complexity index is 3550. The van der Waals surface area contributed by atoms with E-state index in [-0.39, 0.29) is 0 Å². The fraction of sp³-hybridized carbons (Fsp3) is 0. The normalized spacial score (nSPS) is 11.6. The lowest BCUT2D eigenvalue weighted by Gasteiger charge is -2.35. The van der Waals surface area contributed by atoms with Crippen LogP contribution in [0.25, 0.3) is 41.7 Å². The topological polar surface area (TPSA) is 6.48 Å². The van der Waals surface area contributed by atoms with Crippen molar-refractivity contribution in [3.8, 4) is 0 Å². The molecule has 12 aromatic rings. The summed E-state index contributed by atoms with van der Waals surface area (Å²) in [4.78, 5) is 4.89. The summed E-state index contributed by atoms with van der Waals surface area (Å²) in [6.07, 6.45) is 0. The number of rotatable bonds is 10. The smallest absolute Gasteiger partial charge is 0.179 e. The van der Waals surface area contributed by atoms with Crippen molar-refractivity contribution < 1.29 is 0 Å². The molecule has 0 saturated heterocycles. The van der Waals surface area contributed by atoms with Gasteiger partial charge in [0.2, 0.25) is 0 Å². The minimum Gasteiger partial charge on any atom is -0.310 e. The first-order chi connectivity index (χ1) is 32.8. The van der Waals surface area contributed by atoms with Gasteiger partial charge in [0.15, 0.2) is 8.07 Å². The SMILES string of the molecule is c1ccc(N(c2cccc([Si](c3ccccc3)(c3ccccc3)c3ccccc3)c2)c2ccc3c(c2)sc2cc(N(c4ccccc4)c4cccc5ccccc45)c4ccccc4c23)cc1. The van der Waals surface area contributed by atoms with Crippen LogP contribution in [0.15, 0.2) is 267 Å². The van der Waals surface area contributed by atoms with Crippen LogP contribution in [0.1, 0.15) is 0 Å². The molecule has 0 fully saturated rings. The van der Waals surface area contributed by atoms with E-state index in [1.165, 1.54) is 62.5 Å². The molecule has 0 spiro atoms. The van der Waals surface area contributed by atoms with Gasteiger partial charge in [0.05, 0.1) is 11.4 Å². The molecule has 66 heavy (non-hydrogen) atoms. The van der Waals surface area contributed by atoms with E-state index in [1.807, 2.05) is 11.3 Å². The summed E-state index contributed by atoms with van der Waals surface area (Å²) in [5, 5.41) is 12.9. The summed E-state index contributed by atoms with van der Waals surface area (Å²) in [5.74, 6) is 0. The largest absolute Gasteiger partial charge is 0.310 e. The second-order valence-electron chi connectivity index (χ2n) is 16.8. The third-order valence-electron chi connectivity index (χ3n) is 13.1. The van der Waals surface area contributed by atoms with Crippen LogP contribution in [-0.2, 0) is 0 Å². The maximum absolute atomic E-state index is 2.78. The minimum absolute atomic E-state index is 1.11. The van der Waals surface area contributed by atoms with Gasteiger partial charge in [-0.1, -0.05) is 206 Å².